The Balaban J connectivity index is 1.88. The highest BCUT2D eigenvalue weighted by Gasteiger charge is 2.41. The molecule has 1 N–H and O–H groups in total. The number of aromatic hydroxyl groups is 1. The van der Waals surface area contributed by atoms with Crippen LogP contribution in [0.25, 0.3) is 0 Å². The Labute approximate surface area is 269 Å². The second-order valence-corrected chi connectivity index (χ2v) is 14.1. The van der Waals surface area contributed by atoms with Crippen LogP contribution in [0.1, 0.15) is 80.8 Å². The van der Waals surface area contributed by atoms with E-state index in [1.807, 2.05) is 139 Å². The Kier molecular flexibility index (Phi) is 10.4. The van der Waals surface area contributed by atoms with E-state index in [2.05, 4.69) is 15.9 Å². The fourth-order valence-electron chi connectivity index (χ4n) is 5.23. The molecule has 4 aromatic rings. The standard InChI is InChI=1S/C38H41BrO5/c1-37(2,3)30-21-28(22-31(34(30)40)38(4,5)6)32(27-17-19-29(39)20-18-27)33(35(41)43-23-25-13-9-7-10-14-25)36(42)44-24-26-15-11-8-12-16-26/h7-22,32-33,40H,23-24H2,1-6H3/t32-/m1/s1. The molecule has 0 saturated heterocycles. The first-order valence-corrected chi connectivity index (χ1v) is 15.6. The highest BCUT2D eigenvalue weighted by Crippen LogP contribution is 2.44. The van der Waals surface area contributed by atoms with Gasteiger partial charge in [-0.3, -0.25) is 9.59 Å². The highest BCUT2D eigenvalue weighted by molar-refractivity contribution is 9.10. The Hall–Kier alpha value is -3.90. The fraction of sp³-hybridized carbons (Fsp3) is 0.316. The van der Waals surface area contributed by atoms with Gasteiger partial charge < -0.3 is 14.6 Å². The van der Waals surface area contributed by atoms with Crippen molar-refractivity contribution in [1.29, 1.82) is 0 Å². The van der Waals surface area contributed by atoms with Crippen LogP contribution in [0.2, 0.25) is 0 Å². The number of hydrogen-bond donors (Lipinski definition) is 1. The number of esters is 2. The molecule has 0 aliphatic heterocycles. The van der Waals surface area contributed by atoms with Crippen LogP contribution in [0.4, 0.5) is 0 Å². The third kappa shape index (κ3) is 8.17. The zero-order valence-electron chi connectivity index (χ0n) is 26.3. The molecule has 6 heteroatoms. The Bertz CT molecular complexity index is 1480. The first-order chi connectivity index (χ1) is 20.8. The van der Waals surface area contributed by atoms with Gasteiger partial charge in [0.25, 0.3) is 0 Å². The lowest BCUT2D eigenvalue weighted by atomic mass is 9.73. The molecular weight excluding hydrogens is 616 g/mol. The van der Waals surface area contributed by atoms with E-state index in [1.165, 1.54) is 0 Å². The molecule has 4 aromatic carbocycles. The molecule has 0 heterocycles. The molecule has 4 rings (SSSR count). The second-order valence-electron chi connectivity index (χ2n) is 13.2. The van der Waals surface area contributed by atoms with Crippen LogP contribution in [-0.2, 0) is 43.1 Å². The van der Waals surface area contributed by atoms with Crippen LogP contribution in [0.3, 0.4) is 0 Å². The molecule has 0 aromatic heterocycles. The predicted octanol–water partition coefficient (Wildman–Crippen LogP) is 8.98. The minimum absolute atomic E-state index is 0.0191. The van der Waals surface area contributed by atoms with Gasteiger partial charge in [-0.25, -0.2) is 0 Å². The predicted molar refractivity (Wildman–Crippen MR) is 177 cm³/mol. The van der Waals surface area contributed by atoms with Crippen LogP contribution < -0.4 is 0 Å². The van der Waals surface area contributed by atoms with Gasteiger partial charge in [0, 0.05) is 10.4 Å². The lowest BCUT2D eigenvalue weighted by Crippen LogP contribution is -2.34. The number of halogens is 1. The number of phenols is 1. The first-order valence-electron chi connectivity index (χ1n) is 14.8. The maximum Gasteiger partial charge on any atom is 0.321 e. The fourth-order valence-corrected chi connectivity index (χ4v) is 5.50. The maximum absolute atomic E-state index is 14.1. The molecule has 0 spiro atoms. The average molecular weight is 658 g/mol. The van der Waals surface area contributed by atoms with Crippen molar-refractivity contribution in [1.82, 2.24) is 0 Å². The highest BCUT2D eigenvalue weighted by atomic mass is 79.9. The summed E-state index contributed by atoms with van der Waals surface area (Å²) in [5.74, 6) is -3.20. The number of phenolic OH excluding ortho intramolecular Hbond substituents is 1. The molecule has 0 aliphatic carbocycles. The van der Waals surface area contributed by atoms with Crippen LogP contribution in [-0.4, -0.2) is 17.0 Å². The maximum atomic E-state index is 14.1. The van der Waals surface area contributed by atoms with E-state index in [-0.39, 0.29) is 19.0 Å². The van der Waals surface area contributed by atoms with Gasteiger partial charge in [-0.15, -0.1) is 0 Å². The lowest BCUT2D eigenvalue weighted by molar-refractivity contribution is -0.164. The van der Waals surface area contributed by atoms with E-state index in [0.717, 1.165) is 37.9 Å². The molecule has 230 valence electrons. The minimum Gasteiger partial charge on any atom is -0.507 e. The monoisotopic (exact) mass is 656 g/mol. The normalized spacial score (nSPS) is 12.5. The number of ether oxygens (including phenoxy) is 2. The summed E-state index contributed by atoms with van der Waals surface area (Å²) in [6.07, 6.45) is 0. The summed E-state index contributed by atoms with van der Waals surface area (Å²) >= 11 is 3.52. The van der Waals surface area contributed by atoms with Gasteiger partial charge in [-0.2, -0.15) is 0 Å². The van der Waals surface area contributed by atoms with Gasteiger partial charge in [0.05, 0.1) is 0 Å². The average Bonchev–Trinajstić information content (AvgIpc) is 2.98. The first kappa shape index (κ1) is 33.0. The Morgan fingerprint density at radius 2 is 1.07 bits per heavy atom. The molecule has 0 fully saturated rings. The van der Waals surface area contributed by atoms with E-state index >= 15 is 0 Å². The number of carbonyl (C=O) groups excluding carboxylic acids is 2. The molecule has 5 nitrogen and oxygen atoms in total. The van der Waals surface area contributed by atoms with E-state index in [0.29, 0.717) is 0 Å². The molecule has 0 radical (unpaired) electrons. The van der Waals surface area contributed by atoms with E-state index in [4.69, 9.17) is 9.47 Å². The third-order valence-electron chi connectivity index (χ3n) is 7.63. The molecular formula is C38H41BrO5. The van der Waals surface area contributed by atoms with Gasteiger partial charge in [-0.1, -0.05) is 142 Å². The summed E-state index contributed by atoms with van der Waals surface area (Å²) in [6.45, 7) is 12.2. The van der Waals surface area contributed by atoms with Crippen molar-refractivity contribution in [3.63, 3.8) is 0 Å². The van der Waals surface area contributed by atoms with Crippen LogP contribution in [0.15, 0.2) is 102 Å². The molecule has 0 amide bonds. The summed E-state index contributed by atoms with van der Waals surface area (Å²) in [5.41, 5.74) is 3.73. The van der Waals surface area contributed by atoms with Gasteiger partial charge in [0.15, 0.2) is 5.92 Å². The molecule has 0 bridgehead atoms. The number of hydrogen-bond acceptors (Lipinski definition) is 5. The summed E-state index contributed by atoms with van der Waals surface area (Å²) in [5, 5.41) is 11.5. The van der Waals surface area contributed by atoms with Crippen molar-refractivity contribution in [3.8, 4) is 5.75 Å². The molecule has 1 atom stereocenters. The zero-order chi connectivity index (χ0) is 32.1. The largest absolute Gasteiger partial charge is 0.507 e. The van der Waals surface area contributed by atoms with Crippen LogP contribution >= 0.6 is 15.9 Å². The summed E-state index contributed by atoms with van der Waals surface area (Å²) in [4.78, 5) is 28.1. The van der Waals surface area contributed by atoms with Crippen molar-refractivity contribution < 1.29 is 24.2 Å². The topological polar surface area (TPSA) is 72.8 Å². The smallest absolute Gasteiger partial charge is 0.321 e. The van der Waals surface area contributed by atoms with Crippen molar-refractivity contribution in [2.75, 3.05) is 0 Å². The van der Waals surface area contributed by atoms with Crippen LogP contribution in [0.5, 0.6) is 5.75 Å². The summed E-state index contributed by atoms with van der Waals surface area (Å²) < 4.78 is 12.5. The molecule has 0 saturated carbocycles. The Morgan fingerprint density at radius 1 is 0.659 bits per heavy atom. The van der Waals surface area contributed by atoms with Gasteiger partial charge >= 0.3 is 11.9 Å². The van der Waals surface area contributed by atoms with Gasteiger partial charge in [0.1, 0.15) is 19.0 Å². The third-order valence-corrected chi connectivity index (χ3v) is 8.15. The van der Waals surface area contributed by atoms with E-state index < -0.39 is 34.6 Å². The summed E-state index contributed by atoms with van der Waals surface area (Å²) in [7, 11) is 0. The van der Waals surface area contributed by atoms with E-state index in [1.54, 1.807) is 0 Å². The van der Waals surface area contributed by atoms with Crippen molar-refractivity contribution in [2.24, 2.45) is 5.92 Å². The number of carbonyl (C=O) groups is 2. The quantitative estimate of drug-likeness (QED) is 0.144. The SMILES string of the molecule is CC(C)(C)c1cc([C@@H](c2ccc(Br)cc2)C(C(=O)OCc2ccccc2)C(=O)OCc2ccccc2)cc(C(C)(C)C)c1O. The van der Waals surface area contributed by atoms with Crippen LogP contribution in [0, 0.1) is 5.92 Å². The lowest BCUT2D eigenvalue weighted by Gasteiger charge is -2.31. The van der Waals surface area contributed by atoms with Crippen molar-refractivity contribution in [2.45, 2.75) is 71.5 Å². The summed E-state index contributed by atoms with van der Waals surface area (Å²) in [6, 6.07) is 30.2. The number of benzene rings is 4. The van der Waals surface area contributed by atoms with E-state index in [9.17, 15) is 14.7 Å². The molecule has 0 unspecified atom stereocenters. The zero-order valence-corrected chi connectivity index (χ0v) is 27.9. The second kappa shape index (κ2) is 13.8. The van der Waals surface area contributed by atoms with Crippen molar-refractivity contribution in [3.05, 3.63) is 135 Å². The minimum atomic E-state index is -1.31. The van der Waals surface area contributed by atoms with Crippen molar-refractivity contribution >= 4 is 27.9 Å². The Morgan fingerprint density at radius 3 is 1.45 bits per heavy atom. The van der Waals surface area contributed by atoms with Gasteiger partial charge in [-0.05, 0) is 56.3 Å². The number of rotatable bonds is 9. The molecule has 0 aliphatic rings. The van der Waals surface area contributed by atoms with Gasteiger partial charge in [0.2, 0.25) is 0 Å². The molecule has 44 heavy (non-hydrogen) atoms.